The van der Waals surface area contributed by atoms with Crippen molar-refractivity contribution >= 4 is 94.6 Å². The number of imide groups is 2. The highest BCUT2D eigenvalue weighted by molar-refractivity contribution is 7.99. The molecule has 4 aliphatic rings. The van der Waals surface area contributed by atoms with Crippen LogP contribution in [-0.2, 0) is 28.0 Å². The van der Waals surface area contributed by atoms with Gasteiger partial charge in [-0.05, 0) is 67.8 Å². The molecule has 348 valence electrons. The second-order valence-corrected chi connectivity index (χ2v) is 19.9. The summed E-state index contributed by atoms with van der Waals surface area (Å²) in [6.45, 7) is 4.70. The quantitative estimate of drug-likeness (QED) is 0.0524. The van der Waals surface area contributed by atoms with Crippen LogP contribution in [0.2, 0.25) is 5.02 Å². The Bertz CT molecular complexity index is 2570. The number of nitrogens with one attached hydrogen (secondary N) is 3. The summed E-state index contributed by atoms with van der Waals surface area (Å²) < 4.78 is 29.4. The van der Waals surface area contributed by atoms with E-state index in [1.54, 1.807) is 49.6 Å². The number of hydrogen-bond donors (Lipinski definition) is 3. The van der Waals surface area contributed by atoms with Crippen molar-refractivity contribution in [3.63, 3.8) is 0 Å². The van der Waals surface area contributed by atoms with Crippen LogP contribution in [0.5, 0.6) is 5.75 Å². The predicted octanol–water partition coefficient (Wildman–Crippen LogP) is 5.82. The van der Waals surface area contributed by atoms with E-state index in [2.05, 4.69) is 35.7 Å². The zero-order chi connectivity index (χ0) is 46.5. The highest BCUT2D eigenvalue weighted by Gasteiger charge is 2.45. The Morgan fingerprint density at radius 3 is 2.38 bits per heavy atom. The Morgan fingerprint density at radius 2 is 1.65 bits per heavy atom. The largest absolute Gasteiger partial charge is 0.494 e. The molecule has 3 aromatic carbocycles. The zero-order valence-electron chi connectivity index (χ0n) is 36.8. The van der Waals surface area contributed by atoms with Gasteiger partial charge in [-0.3, -0.25) is 43.7 Å². The maximum absolute atomic E-state index is 13.4. The van der Waals surface area contributed by atoms with Crippen LogP contribution in [0.3, 0.4) is 0 Å². The molecule has 0 bridgehead atoms. The van der Waals surface area contributed by atoms with E-state index in [0.717, 1.165) is 49.6 Å². The number of hydrogen-bond acceptors (Lipinski definition) is 16. The molecule has 8 rings (SSSR count). The number of methoxy groups -OCH3 is 1. The Balaban J connectivity index is 0.787. The van der Waals surface area contributed by atoms with Crippen LogP contribution in [0.1, 0.15) is 59.2 Å². The Hall–Kier alpha value is -5.56. The number of thioether (sulfide) groups is 1. The topological polar surface area (TPSA) is 205 Å². The van der Waals surface area contributed by atoms with Gasteiger partial charge >= 0.3 is 7.60 Å². The summed E-state index contributed by atoms with van der Waals surface area (Å²) in [5.74, 6) is -0.272. The lowest BCUT2D eigenvalue weighted by Crippen LogP contribution is -2.54. The lowest BCUT2D eigenvalue weighted by atomic mass is 10.0. The summed E-state index contributed by atoms with van der Waals surface area (Å²) in [4.78, 5) is 81.4. The molecule has 18 nitrogen and oxygen atoms in total. The van der Waals surface area contributed by atoms with E-state index < -0.39 is 37.3 Å². The number of piperidine rings is 2. The van der Waals surface area contributed by atoms with E-state index in [1.165, 1.54) is 32.2 Å². The molecule has 3 saturated heterocycles. The van der Waals surface area contributed by atoms with E-state index in [-0.39, 0.29) is 46.7 Å². The summed E-state index contributed by atoms with van der Waals surface area (Å²) in [7, 11) is 0.678. The number of benzene rings is 3. The number of para-hydroxylation sites is 1. The monoisotopic (exact) mass is 959 g/mol. The summed E-state index contributed by atoms with van der Waals surface area (Å²) in [6.07, 6.45) is 4.58. The van der Waals surface area contributed by atoms with Gasteiger partial charge in [0.15, 0.2) is 5.82 Å². The molecular weight excluding hydrogens is 909 g/mol. The highest BCUT2D eigenvalue weighted by atomic mass is 35.5. The summed E-state index contributed by atoms with van der Waals surface area (Å²) in [5.41, 5.74) is 2.67. The average molecular weight is 960 g/mol. The average Bonchev–Trinajstić information content (AvgIpc) is 3.60. The van der Waals surface area contributed by atoms with E-state index in [1.807, 2.05) is 23.1 Å². The Kier molecular flexibility index (Phi) is 14.6. The second kappa shape index (κ2) is 20.5. The van der Waals surface area contributed by atoms with Gasteiger partial charge in [0.2, 0.25) is 23.7 Å². The molecule has 0 radical (unpaired) electrons. The first kappa shape index (κ1) is 47.0. The molecule has 0 saturated carbocycles. The lowest BCUT2D eigenvalue weighted by molar-refractivity contribution is -0.136. The molecular formula is C45H51ClN9O9PS. The number of anilines is 5. The van der Waals surface area contributed by atoms with E-state index in [0.29, 0.717) is 65.1 Å². The van der Waals surface area contributed by atoms with Gasteiger partial charge in [0.25, 0.3) is 11.8 Å². The molecule has 3 fully saturated rings. The van der Waals surface area contributed by atoms with Crippen molar-refractivity contribution in [2.75, 3.05) is 81.9 Å². The molecule has 3 N–H and O–H groups in total. The first-order valence-corrected chi connectivity index (χ1v) is 24.6. The molecule has 21 heteroatoms. The van der Waals surface area contributed by atoms with E-state index >= 15 is 0 Å². The third-order valence-electron chi connectivity index (χ3n) is 12.3. The Morgan fingerprint density at radius 1 is 0.894 bits per heavy atom. The van der Waals surface area contributed by atoms with Crippen LogP contribution in [0.15, 0.2) is 71.8 Å². The van der Waals surface area contributed by atoms with E-state index in [9.17, 15) is 28.5 Å². The van der Waals surface area contributed by atoms with Crippen LogP contribution >= 0.6 is 31.0 Å². The zero-order valence-corrected chi connectivity index (χ0v) is 39.3. The summed E-state index contributed by atoms with van der Waals surface area (Å²) in [6, 6.07) is 17.3. The molecule has 5 heterocycles. The maximum Gasteiger partial charge on any atom is 0.362 e. The predicted molar refractivity (Wildman–Crippen MR) is 251 cm³/mol. The number of ether oxygens (including phenoxy) is 1. The maximum atomic E-state index is 13.4. The van der Waals surface area contributed by atoms with Crippen molar-refractivity contribution in [2.45, 2.75) is 55.5 Å². The first-order chi connectivity index (χ1) is 31.9. The minimum absolute atomic E-state index is 0.0605. The molecule has 1 atom stereocenters. The highest BCUT2D eigenvalue weighted by Crippen LogP contribution is 2.47. The molecule has 1 unspecified atom stereocenters. The molecule has 5 amide bonds. The number of amides is 5. The first-order valence-electron chi connectivity index (χ1n) is 21.7. The smallest absolute Gasteiger partial charge is 0.362 e. The summed E-state index contributed by atoms with van der Waals surface area (Å²) >= 11 is 7.90. The lowest BCUT2D eigenvalue weighted by Gasteiger charge is -2.43. The van der Waals surface area contributed by atoms with Gasteiger partial charge < -0.3 is 34.2 Å². The Labute approximate surface area is 391 Å². The van der Waals surface area contributed by atoms with Gasteiger partial charge in [-0.2, -0.15) is 4.98 Å². The molecule has 0 aliphatic carbocycles. The number of aromatic nitrogens is 2. The van der Waals surface area contributed by atoms with Crippen molar-refractivity contribution in [3.05, 3.63) is 83.0 Å². The number of piperazine rings is 1. The molecule has 4 aromatic rings. The van der Waals surface area contributed by atoms with Crippen LogP contribution in [0.4, 0.5) is 28.8 Å². The number of nitrogens with zero attached hydrogens (tertiary/aromatic N) is 6. The van der Waals surface area contributed by atoms with Gasteiger partial charge in [-0.1, -0.05) is 29.8 Å². The molecule has 0 spiro atoms. The van der Waals surface area contributed by atoms with Crippen molar-refractivity contribution in [3.8, 4) is 5.75 Å². The van der Waals surface area contributed by atoms with Crippen molar-refractivity contribution in [1.82, 2.24) is 30.0 Å². The standard InChI is InChI=1S/C45H51ClN9O9PS/c1-62-35-26-29(13-14-32(35)49-45-47-27-31(46)41(51-45)48-33-9-4-5-10-36(33)65(61,63-2)64-3)52-19-17-28(18-20-52)53-21-23-54(24-22-53)39(57)12-7-25-66-37-11-6-8-30-40(37)44(60)55(43(30)59)34-15-16-38(56)50-42(34)58/h4-6,8-11,13-14,26-28,34H,7,12,15-25H2,1-3H3,(H,50,56,58)(H2,47,48,49,51). The van der Waals surface area contributed by atoms with Gasteiger partial charge in [-0.25, -0.2) is 4.98 Å². The fourth-order valence-corrected chi connectivity index (χ4v) is 11.2. The normalized spacial score (nSPS) is 18.4. The van der Waals surface area contributed by atoms with Crippen molar-refractivity contribution in [1.29, 1.82) is 0 Å². The second-order valence-electron chi connectivity index (χ2n) is 16.1. The number of carbonyl (C=O) groups excluding carboxylic acids is 5. The third kappa shape index (κ3) is 9.92. The number of rotatable bonds is 16. The summed E-state index contributed by atoms with van der Waals surface area (Å²) in [5, 5.41) is 9.19. The minimum Gasteiger partial charge on any atom is -0.494 e. The number of carbonyl (C=O) groups is 5. The van der Waals surface area contributed by atoms with Crippen molar-refractivity contribution < 1.29 is 42.3 Å². The van der Waals surface area contributed by atoms with Gasteiger partial charge in [-0.15, -0.1) is 11.8 Å². The molecule has 1 aromatic heterocycles. The fraction of sp³-hybridized carbons (Fsp3) is 0.400. The van der Waals surface area contributed by atoms with Crippen LogP contribution in [0.25, 0.3) is 0 Å². The SMILES string of the molecule is COc1cc(N2CCC(N3CCN(C(=O)CCCSc4cccc5c4C(=O)N(C4CCC(=O)NC4=O)C5=O)CC3)CC2)ccc1Nc1ncc(Cl)c(Nc2ccccc2P(=O)(OC)OC)n1. The minimum atomic E-state index is -3.58. The van der Waals surface area contributed by atoms with Crippen molar-refractivity contribution in [2.24, 2.45) is 0 Å². The fourth-order valence-electron chi connectivity index (χ4n) is 8.83. The van der Waals surface area contributed by atoms with Gasteiger partial charge in [0.1, 0.15) is 16.8 Å². The van der Waals surface area contributed by atoms with Gasteiger partial charge in [0, 0.05) is 89.0 Å². The van der Waals surface area contributed by atoms with Crippen LogP contribution < -0.4 is 30.9 Å². The van der Waals surface area contributed by atoms with Crippen LogP contribution in [-0.4, -0.2) is 133 Å². The van der Waals surface area contributed by atoms with Crippen LogP contribution in [0, 0.1) is 0 Å². The number of halogens is 1. The van der Waals surface area contributed by atoms with Gasteiger partial charge in [0.05, 0.1) is 41.1 Å². The van der Waals surface area contributed by atoms with E-state index in [4.69, 9.17) is 25.4 Å². The molecule has 4 aliphatic heterocycles. The third-order valence-corrected chi connectivity index (χ3v) is 15.7. The number of fused-ring (bicyclic) bond motifs is 1. The molecule has 66 heavy (non-hydrogen) atoms.